The summed E-state index contributed by atoms with van der Waals surface area (Å²) < 4.78 is 53.2. The van der Waals surface area contributed by atoms with Crippen LogP contribution in [0.15, 0.2) is 36.4 Å². The monoisotopic (exact) mass is 269 g/mol. The smallest absolute Gasteiger partial charge is 0.133 e. The third-order valence-corrected chi connectivity index (χ3v) is 2.81. The molecule has 0 saturated heterocycles. The van der Waals surface area contributed by atoms with E-state index in [4.69, 9.17) is 5.73 Å². The molecule has 0 amide bonds. The third kappa shape index (κ3) is 2.93. The van der Waals surface area contributed by atoms with Gasteiger partial charge in [-0.3, -0.25) is 0 Å². The normalized spacial score (nSPS) is 12.5. The summed E-state index contributed by atoms with van der Waals surface area (Å²) in [4.78, 5) is 0. The molecule has 2 rings (SSSR count). The van der Waals surface area contributed by atoms with Crippen molar-refractivity contribution in [3.8, 4) is 0 Å². The van der Waals surface area contributed by atoms with E-state index in [0.717, 1.165) is 0 Å². The van der Waals surface area contributed by atoms with Crippen LogP contribution in [0.3, 0.4) is 0 Å². The summed E-state index contributed by atoms with van der Waals surface area (Å²) in [5.41, 5.74) is 5.49. The molecule has 0 heterocycles. The SMILES string of the molecule is NC(Cc1ccccc1F)c1c(F)cc(F)cc1F. The molecule has 0 aliphatic heterocycles. The fourth-order valence-electron chi connectivity index (χ4n) is 1.91. The van der Waals surface area contributed by atoms with Gasteiger partial charge >= 0.3 is 0 Å². The van der Waals surface area contributed by atoms with Gasteiger partial charge in [-0.25, -0.2) is 17.6 Å². The Balaban J connectivity index is 2.31. The highest BCUT2D eigenvalue weighted by Gasteiger charge is 2.19. The Bertz CT molecular complexity index is 575. The molecule has 2 N–H and O–H groups in total. The highest BCUT2D eigenvalue weighted by molar-refractivity contribution is 5.27. The summed E-state index contributed by atoms with van der Waals surface area (Å²) in [7, 11) is 0. The van der Waals surface area contributed by atoms with E-state index >= 15 is 0 Å². The maximum absolute atomic E-state index is 13.5. The Hall–Kier alpha value is -1.88. The molecule has 5 heteroatoms. The molecular weight excluding hydrogens is 258 g/mol. The molecule has 1 unspecified atom stereocenters. The predicted molar refractivity (Wildman–Crippen MR) is 63.3 cm³/mol. The zero-order valence-electron chi connectivity index (χ0n) is 9.84. The van der Waals surface area contributed by atoms with Crippen molar-refractivity contribution in [3.63, 3.8) is 0 Å². The molecule has 0 spiro atoms. The van der Waals surface area contributed by atoms with Gasteiger partial charge < -0.3 is 5.73 Å². The lowest BCUT2D eigenvalue weighted by Crippen LogP contribution is -2.18. The maximum atomic E-state index is 13.5. The van der Waals surface area contributed by atoms with Crippen molar-refractivity contribution in [2.75, 3.05) is 0 Å². The van der Waals surface area contributed by atoms with Crippen molar-refractivity contribution in [1.82, 2.24) is 0 Å². The van der Waals surface area contributed by atoms with Crippen LogP contribution in [0.5, 0.6) is 0 Å². The average Bonchev–Trinajstić information content (AvgIpc) is 2.30. The van der Waals surface area contributed by atoms with Gasteiger partial charge in [-0.05, 0) is 18.1 Å². The number of nitrogens with two attached hydrogens (primary N) is 1. The van der Waals surface area contributed by atoms with Crippen LogP contribution >= 0.6 is 0 Å². The van der Waals surface area contributed by atoms with Crippen LogP contribution in [-0.4, -0.2) is 0 Å². The van der Waals surface area contributed by atoms with Gasteiger partial charge in [0.15, 0.2) is 0 Å². The number of hydrogen-bond donors (Lipinski definition) is 1. The van der Waals surface area contributed by atoms with E-state index in [-0.39, 0.29) is 12.0 Å². The van der Waals surface area contributed by atoms with Gasteiger partial charge in [0.05, 0.1) is 0 Å². The summed E-state index contributed by atoms with van der Waals surface area (Å²) in [6.45, 7) is 0. The van der Waals surface area contributed by atoms with Crippen LogP contribution in [0.25, 0.3) is 0 Å². The van der Waals surface area contributed by atoms with Gasteiger partial charge in [-0.2, -0.15) is 0 Å². The molecule has 19 heavy (non-hydrogen) atoms. The molecule has 2 aromatic rings. The lowest BCUT2D eigenvalue weighted by Gasteiger charge is -2.14. The Kier molecular flexibility index (Phi) is 3.85. The molecule has 100 valence electrons. The van der Waals surface area contributed by atoms with Gasteiger partial charge in [0.25, 0.3) is 0 Å². The molecular formula is C14H11F4N. The maximum Gasteiger partial charge on any atom is 0.133 e. The van der Waals surface area contributed by atoms with Gasteiger partial charge in [0, 0.05) is 23.7 Å². The summed E-state index contributed by atoms with van der Waals surface area (Å²) >= 11 is 0. The van der Waals surface area contributed by atoms with Crippen LogP contribution in [0.2, 0.25) is 0 Å². The Morgan fingerprint density at radius 1 is 0.895 bits per heavy atom. The van der Waals surface area contributed by atoms with Gasteiger partial charge in [-0.15, -0.1) is 0 Å². The first-order valence-electron chi connectivity index (χ1n) is 5.62. The van der Waals surface area contributed by atoms with E-state index in [1.54, 1.807) is 6.07 Å². The summed E-state index contributed by atoms with van der Waals surface area (Å²) in [6, 6.07) is 5.84. The molecule has 1 nitrogen and oxygen atoms in total. The van der Waals surface area contributed by atoms with Crippen LogP contribution < -0.4 is 5.73 Å². The van der Waals surface area contributed by atoms with Crippen LogP contribution in [0, 0.1) is 23.3 Å². The zero-order valence-corrected chi connectivity index (χ0v) is 9.84. The zero-order chi connectivity index (χ0) is 14.0. The highest BCUT2D eigenvalue weighted by atomic mass is 19.1. The molecule has 2 aromatic carbocycles. The van der Waals surface area contributed by atoms with Gasteiger partial charge in [-0.1, -0.05) is 18.2 Å². The standard InChI is InChI=1S/C14H11F4N/c15-9-6-11(17)14(12(18)7-9)13(19)5-8-3-1-2-4-10(8)16/h1-4,6-7,13H,5,19H2. The number of rotatable bonds is 3. The lowest BCUT2D eigenvalue weighted by molar-refractivity contribution is 0.497. The Morgan fingerprint density at radius 3 is 2.05 bits per heavy atom. The Morgan fingerprint density at radius 2 is 1.47 bits per heavy atom. The lowest BCUT2D eigenvalue weighted by atomic mass is 9.98. The fraction of sp³-hybridized carbons (Fsp3) is 0.143. The highest BCUT2D eigenvalue weighted by Crippen LogP contribution is 2.24. The van der Waals surface area contributed by atoms with E-state index in [1.165, 1.54) is 18.2 Å². The van der Waals surface area contributed by atoms with Crippen molar-refractivity contribution >= 4 is 0 Å². The Labute approximate surface area is 107 Å². The molecule has 0 fully saturated rings. The van der Waals surface area contributed by atoms with Gasteiger partial charge in [0.2, 0.25) is 0 Å². The summed E-state index contributed by atoms with van der Waals surface area (Å²) in [6.07, 6.45) is -0.0772. The van der Waals surface area contributed by atoms with E-state index < -0.39 is 34.9 Å². The van der Waals surface area contributed by atoms with E-state index in [9.17, 15) is 17.6 Å². The van der Waals surface area contributed by atoms with Crippen molar-refractivity contribution in [2.45, 2.75) is 12.5 Å². The average molecular weight is 269 g/mol. The van der Waals surface area contributed by atoms with Crippen LogP contribution in [0.1, 0.15) is 17.2 Å². The minimum Gasteiger partial charge on any atom is -0.323 e. The molecule has 0 radical (unpaired) electrons. The quantitative estimate of drug-likeness (QED) is 0.848. The van der Waals surface area contributed by atoms with E-state index in [1.807, 2.05) is 0 Å². The van der Waals surface area contributed by atoms with Crippen LogP contribution in [-0.2, 0) is 6.42 Å². The first kappa shape index (κ1) is 13.5. The first-order valence-corrected chi connectivity index (χ1v) is 5.62. The fourth-order valence-corrected chi connectivity index (χ4v) is 1.91. The van der Waals surface area contributed by atoms with E-state index in [2.05, 4.69) is 0 Å². The van der Waals surface area contributed by atoms with Crippen molar-refractivity contribution in [3.05, 3.63) is 70.8 Å². The minimum absolute atomic E-state index is 0.0772. The van der Waals surface area contributed by atoms with Gasteiger partial charge in [0.1, 0.15) is 23.3 Å². The number of hydrogen-bond acceptors (Lipinski definition) is 1. The largest absolute Gasteiger partial charge is 0.323 e. The number of benzene rings is 2. The molecule has 0 saturated carbocycles. The molecule has 0 bridgehead atoms. The number of halogens is 4. The summed E-state index contributed by atoms with van der Waals surface area (Å²) in [5.74, 6) is -3.65. The molecule has 1 atom stereocenters. The van der Waals surface area contributed by atoms with E-state index in [0.29, 0.717) is 12.1 Å². The topological polar surface area (TPSA) is 26.0 Å². The third-order valence-electron chi connectivity index (χ3n) is 2.81. The predicted octanol–water partition coefficient (Wildman–Crippen LogP) is 3.49. The molecule has 0 aliphatic carbocycles. The van der Waals surface area contributed by atoms with Crippen LogP contribution in [0.4, 0.5) is 17.6 Å². The van der Waals surface area contributed by atoms with Crippen molar-refractivity contribution in [2.24, 2.45) is 5.73 Å². The molecule has 0 aromatic heterocycles. The molecule has 0 aliphatic rings. The minimum atomic E-state index is -1.09. The first-order chi connectivity index (χ1) is 8.99. The second-order valence-corrected chi connectivity index (χ2v) is 4.19. The van der Waals surface area contributed by atoms with Crippen molar-refractivity contribution < 1.29 is 17.6 Å². The second-order valence-electron chi connectivity index (χ2n) is 4.19. The van der Waals surface area contributed by atoms with Crippen molar-refractivity contribution in [1.29, 1.82) is 0 Å². The second kappa shape index (κ2) is 5.40. The summed E-state index contributed by atoms with van der Waals surface area (Å²) in [5, 5.41) is 0.